The molecule has 1 heterocycles. The molecule has 40 heavy (non-hydrogen) atoms. The van der Waals surface area contributed by atoms with E-state index >= 15 is 0 Å². The van der Waals surface area contributed by atoms with Crippen LogP contribution in [0.5, 0.6) is 0 Å². The van der Waals surface area contributed by atoms with Gasteiger partial charge in [-0.15, -0.1) is 0 Å². The molecule has 1 saturated heterocycles. The van der Waals surface area contributed by atoms with Crippen LogP contribution in [-0.2, 0) is 0 Å². The van der Waals surface area contributed by atoms with Gasteiger partial charge in [-0.2, -0.15) is 0 Å². The zero-order chi connectivity index (χ0) is 28.6. The number of carbonyl (C=O) groups excluding carboxylic acids is 2. The smallest absolute Gasteiger partial charge is 0.186 e. The Morgan fingerprint density at radius 1 is 0.625 bits per heavy atom. The molecule has 3 saturated carbocycles. The summed E-state index contributed by atoms with van der Waals surface area (Å²) in [7, 11) is 0. The first-order valence-corrected chi connectivity index (χ1v) is 13.0. The molecule has 4 bridgehead atoms. The minimum atomic E-state index is -1.67. The second-order valence-corrected chi connectivity index (χ2v) is 11.0. The highest BCUT2D eigenvalue weighted by atomic mass is 19.2. The van der Waals surface area contributed by atoms with Gasteiger partial charge in [-0.25, -0.2) is 35.1 Å². The molecule has 6 atom stereocenters. The lowest BCUT2D eigenvalue weighted by Crippen LogP contribution is -2.27. The van der Waals surface area contributed by atoms with Gasteiger partial charge in [0.25, 0.3) is 0 Å². The van der Waals surface area contributed by atoms with Gasteiger partial charge in [0.1, 0.15) is 11.4 Å². The monoisotopic (exact) mass is 570 g/mol. The summed E-state index contributed by atoms with van der Waals surface area (Å²) in [6.45, 7) is 0. The lowest BCUT2D eigenvalue weighted by molar-refractivity contribution is 0.110. The van der Waals surface area contributed by atoms with Gasteiger partial charge in [-0.3, -0.25) is 9.59 Å². The van der Waals surface area contributed by atoms with E-state index in [2.05, 4.69) is 5.32 Å². The van der Waals surface area contributed by atoms with Crippen molar-refractivity contribution in [2.45, 2.75) is 50.2 Å². The lowest BCUT2D eigenvalue weighted by Gasteiger charge is -2.20. The van der Waals surface area contributed by atoms with E-state index in [4.69, 9.17) is 0 Å². The van der Waals surface area contributed by atoms with E-state index in [1.807, 2.05) is 12.2 Å². The summed E-state index contributed by atoms with van der Waals surface area (Å²) < 4.78 is 110. The van der Waals surface area contributed by atoms with Crippen molar-refractivity contribution in [2.75, 3.05) is 10.2 Å². The number of piperidine rings is 1. The molecule has 1 N–H and O–H groups in total. The van der Waals surface area contributed by atoms with Crippen LogP contribution in [0, 0.1) is 70.2 Å². The fourth-order valence-corrected chi connectivity index (χ4v) is 7.26. The SMILES string of the molecule is O=Cc1c(F)c(F)c(N2C3C4CCC(C4)C32)c(F)c1F.O=Cc1c(F)c(F)c(NC2C3C=CC2CC3)c(F)c1F. The normalized spacial score (nSPS) is 30.3. The maximum atomic E-state index is 14.0. The predicted molar refractivity (Wildman–Crippen MR) is 127 cm³/mol. The molecule has 0 spiro atoms. The zero-order valence-electron chi connectivity index (χ0n) is 20.7. The Bertz CT molecular complexity index is 1370. The van der Waals surface area contributed by atoms with Gasteiger partial charge >= 0.3 is 0 Å². The highest BCUT2D eigenvalue weighted by Crippen LogP contribution is 2.60. The molecule has 212 valence electrons. The number of carbonyl (C=O) groups is 2. The van der Waals surface area contributed by atoms with E-state index in [1.165, 1.54) is 4.90 Å². The summed E-state index contributed by atoms with van der Waals surface area (Å²) in [5, 5.41) is 2.56. The molecule has 1 aliphatic heterocycles. The maximum Gasteiger partial charge on any atom is 0.186 e. The first-order valence-electron chi connectivity index (χ1n) is 13.0. The molecule has 2 aromatic rings. The molecule has 0 aromatic heterocycles. The van der Waals surface area contributed by atoms with Crippen molar-refractivity contribution in [2.24, 2.45) is 23.7 Å². The van der Waals surface area contributed by atoms with Crippen LogP contribution >= 0.6 is 0 Å². The number of nitrogens with one attached hydrogen (secondary N) is 1. The third-order valence-electron chi connectivity index (χ3n) is 9.12. The Balaban J connectivity index is 0.000000145. The quantitative estimate of drug-likeness (QED) is 0.147. The summed E-state index contributed by atoms with van der Waals surface area (Å²) in [6, 6.07) is -0.267. The number of benzene rings is 2. The minimum Gasteiger partial charge on any atom is -0.376 e. The summed E-state index contributed by atoms with van der Waals surface area (Å²) in [6.07, 6.45) is 8.23. The second-order valence-electron chi connectivity index (χ2n) is 11.0. The molecule has 5 aliphatic rings. The number of halogens is 8. The Hall–Kier alpha value is -3.44. The van der Waals surface area contributed by atoms with Gasteiger partial charge in [0.05, 0.1) is 23.2 Å². The topological polar surface area (TPSA) is 49.2 Å². The predicted octanol–water partition coefficient (Wildman–Crippen LogP) is 6.47. The molecule has 4 nitrogen and oxygen atoms in total. The molecule has 0 radical (unpaired) electrons. The van der Waals surface area contributed by atoms with Crippen LogP contribution in [0.1, 0.15) is 52.8 Å². The van der Waals surface area contributed by atoms with Crippen molar-refractivity contribution < 1.29 is 44.7 Å². The first-order chi connectivity index (χ1) is 19.1. The number of fused-ring (bicyclic) bond motifs is 7. The largest absolute Gasteiger partial charge is 0.376 e. The molecular formula is C28H22F8N2O2. The average Bonchev–Trinajstić information content (AvgIpc) is 3.35. The van der Waals surface area contributed by atoms with Crippen LogP contribution in [0.25, 0.3) is 0 Å². The van der Waals surface area contributed by atoms with Crippen LogP contribution in [0.3, 0.4) is 0 Å². The number of aldehydes is 2. The van der Waals surface area contributed by atoms with Crippen molar-refractivity contribution in [3.8, 4) is 0 Å². The van der Waals surface area contributed by atoms with Gasteiger partial charge in [-0.1, -0.05) is 12.2 Å². The van der Waals surface area contributed by atoms with E-state index in [0.717, 1.165) is 32.1 Å². The van der Waals surface area contributed by atoms with Crippen LogP contribution in [0.4, 0.5) is 46.5 Å². The summed E-state index contributed by atoms with van der Waals surface area (Å²) in [5.41, 5.74) is -3.88. The number of nitrogens with zero attached hydrogens (tertiary/aromatic N) is 1. The van der Waals surface area contributed by atoms with E-state index in [-0.39, 0.29) is 42.5 Å². The molecule has 2 aromatic carbocycles. The third kappa shape index (κ3) is 3.77. The average molecular weight is 570 g/mol. The number of anilines is 2. The fraction of sp³-hybridized carbons (Fsp3) is 0.429. The standard InChI is InChI=1S/2C14H11F4NO/c15-8-7(4-20)9(16)11(18)14(10(8)17)19-12-5-1-2-6(3-5)13(12)19;15-9-8(5-20)10(16)12(18)14(11(9)17)19-13-6-1-2-7(13)4-3-6/h4-6,12-13H,1-3H2;1-2,5-7,13,19H,3-4H2. The molecule has 7 rings (SSSR count). The fourth-order valence-electron chi connectivity index (χ4n) is 7.26. The van der Waals surface area contributed by atoms with E-state index in [0.29, 0.717) is 11.8 Å². The summed E-state index contributed by atoms with van der Waals surface area (Å²) in [5.74, 6) is -11.6. The Morgan fingerprint density at radius 2 is 1.05 bits per heavy atom. The Kier molecular flexibility index (Phi) is 6.42. The third-order valence-corrected chi connectivity index (χ3v) is 9.12. The summed E-state index contributed by atoms with van der Waals surface area (Å²) >= 11 is 0. The van der Waals surface area contributed by atoms with E-state index < -0.39 is 69.0 Å². The van der Waals surface area contributed by atoms with Crippen LogP contribution in [-0.4, -0.2) is 30.7 Å². The van der Waals surface area contributed by atoms with Crippen LogP contribution < -0.4 is 10.2 Å². The number of hydrogen-bond acceptors (Lipinski definition) is 4. The van der Waals surface area contributed by atoms with Crippen molar-refractivity contribution in [3.63, 3.8) is 0 Å². The Morgan fingerprint density at radius 3 is 1.45 bits per heavy atom. The second kappa shape index (κ2) is 9.59. The molecule has 12 heteroatoms. The maximum absolute atomic E-state index is 14.0. The van der Waals surface area contributed by atoms with Gasteiger partial charge in [0.15, 0.2) is 59.1 Å². The Labute approximate surface area is 223 Å². The van der Waals surface area contributed by atoms with Crippen molar-refractivity contribution in [1.82, 2.24) is 0 Å². The van der Waals surface area contributed by atoms with E-state index in [9.17, 15) is 44.7 Å². The number of hydrogen-bond donors (Lipinski definition) is 1. The first kappa shape index (κ1) is 26.8. The van der Waals surface area contributed by atoms with Crippen molar-refractivity contribution >= 4 is 23.9 Å². The van der Waals surface area contributed by atoms with Gasteiger partial charge < -0.3 is 10.2 Å². The van der Waals surface area contributed by atoms with E-state index in [1.54, 1.807) is 0 Å². The summed E-state index contributed by atoms with van der Waals surface area (Å²) in [4.78, 5) is 22.5. The van der Waals surface area contributed by atoms with Gasteiger partial charge in [-0.05, 0) is 55.8 Å². The highest BCUT2D eigenvalue weighted by Gasteiger charge is 2.65. The van der Waals surface area contributed by atoms with Crippen molar-refractivity contribution in [1.29, 1.82) is 0 Å². The van der Waals surface area contributed by atoms with Crippen LogP contribution in [0.15, 0.2) is 12.2 Å². The van der Waals surface area contributed by atoms with Crippen LogP contribution in [0.2, 0.25) is 0 Å². The highest BCUT2D eigenvalue weighted by molar-refractivity contribution is 5.78. The molecule has 4 aliphatic carbocycles. The van der Waals surface area contributed by atoms with Gasteiger partial charge in [0, 0.05) is 6.04 Å². The molecule has 0 amide bonds. The zero-order valence-corrected chi connectivity index (χ0v) is 20.7. The van der Waals surface area contributed by atoms with Gasteiger partial charge in [0.2, 0.25) is 0 Å². The molecule has 4 fully saturated rings. The molecular weight excluding hydrogens is 548 g/mol. The lowest BCUT2D eigenvalue weighted by atomic mass is 10.0. The molecule has 6 unspecified atom stereocenters. The number of rotatable bonds is 5. The minimum absolute atomic E-state index is 0.00127. The van der Waals surface area contributed by atoms with Crippen molar-refractivity contribution in [3.05, 3.63) is 69.8 Å².